The maximum atomic E-state index is 11.9. The smallest absolute Gasteiger partial charge is 0.410 e. The Kier molecular flexibility index (Phi) is 4.72. The summed E-state index contributed by atoms with van der Waals surface area (Å²) in [7, 11) is 0. The van der Waals surface area contributed by atoms with Gasteiger partial charge in [0.25, 0.3) is 0 Å². The fourth-order valence-electron chi connectivity index (χ4n) is 1.98. The summed E-state index contributed by atoms with van der Waals surface area (Å²) in [6.07, 6.45) is 0.392. The van der Waals surface area contributed by atoms with E-state index < -0.39 is 0 Å². The largest absolute Gasteiger partial charge is 0.445 e. The third-order valence-corrected chi connectivity index (χ3v) is 3.05. The van der Waals surface area contributed by atoms with Crippen LogP contribution in [0.1, 0.15) is 12.0 Å². The first kappa shape index (κ1) is 13.3. The topological polar surface area (TPSA) is 62.2 Å². The Morgan fingerprint density at radius 3 is 2.68 bits per heavy atom. The van der Waals surface area contributed by atoms with Crippen molar-refractivity contribution in [1.29, 1.82) is 0 Å². The summed E-state index contributed by atoms with van der Waals surface area (Å²) in [5.41, 5.74) is 0.960. The second-order valence-electron chi connectivity index (χ2n) is 4.42. The molecular formula is C13H17N3O3. The maximum Gasteiger partial charge on any atom is 0.410 e. The number of rotatable bonds is 3. The lowest BCUT2D eigenvalue weighted by Gasteiger charge is -2.19. The van der Waals surface area contributed by atoms with Crippen molar-refractivity contribution in [3.05, 3.63) is 40.8 Å². The van der Waals surface area contributed by atoms with Gasteiger partial charge in [-0.05, 0) is 12.0 Å². The second kappa shape index (κ2) is 6.72. The maximum absolute atomic E-state index is 11.9. The quantitative estimate of drug-likeness (QED) is 0.783. The molecule has 1 amide bonds. The van der Waals surface area contributed by atoms with E-state index in [0.717, 1.165) is 12.0 Å². The number of benzene rings is 1. The van der Waals surface area contributed by atoms with Gasteiger partial charge < -0.3 is 9.64 Å². The predicted octanol–water partition coefficient (Wildman–Crippen LogP) is 2.01. The molecule has 102 valence electrons. The summed E-state index contributed by atoms with van der Waals surface area (Å²) in [5.74, 6) is 0. The molecule has 0 atom stereocenters. The number of carbonyl (C=O) groups is 1. The molecule has 1 heterocycles. The highest BCUT2D eigenvalue weighted by Gasteiger charge is 2.19. The molecule has 0 unspecified atom stereocenters. The molecule has 2 rings (SSSR count). The predicted molar refractivity (Wildman–Crippen MR) is 70.2 cm³/mol. The molecule has 1 aromatic rings. The Labute approximate surface area is 111 Å². The van der Waals surface area contributed by atoms with Crippen LogP contribution in [0.4, 0.5) is 4.79 Å². The molecule has 0 spiro atoms. The first-order valence-electron chi connectivity index (χ1n) is 6.33. The van der Waals surface area contributed by atoms with Gasteiger partial charge in [-0.3, -0.25) is 5.01 Å². The number of nitroso groups, excluding NO2 is 1. The summed E-state index contributed by atoms with van der Waals surface area (Å²) < 4.78 is 5.25. The molecule has 6 nitrogen and oxygen atoms in total. The molecule has 1 aromatic carbocycles. The first-order valence-corrected chi connectivity index (χ1v) is 6.33. The van der Waals surface area contributed by atoms with Crippen molar-refractivity contribution < 1.29 is 9.53 Å². The van der Waals surface area contributed by atoms with E-state index in [1.165, 1.54) is 5.01 Å². The van der Waals surface area contributed by atoms with Crippen molar-refractivity contribution in [3.8, 4) is 0 Å². The van der Waals surface area contributed by atoms with E-state index >= 15 is 0 Å². The summed E-state index contributed by atoms with van der Waals surface area (Å²) in [4.78, 5) is 24.0. The Bertz CT molecular complexity index is 424. The van der Waals surface area contributed by atoms with Crippen LogP contribution in [0, 0.1) is 4.91 Å². The number of carbonyl (C=O) groups excluding carboxylic acids is 1. The molecule has 1 fully saturated rings. The molecule has 1 saturated heterocycles. The number of hydrogen-bond acceptors (Lipinski definition) is 4. The van der Waals surface area contributed by atoms with Crippen molar-refractivity contribution >= 4 is 6.09 Å². The van der Waals surface area contributed by atoms with E-state index in [2.05, 4.69) is 5.29 Å². The van der Waals surface area contributed by atoms with Crippen molar-refractivity contribution in [2.24, 2.45) is 5.29 Å². The lowest BCUT2D eigenvalue weighted by atomic mass is 10.2. The molecule has 0 aromatic heterocycles. The molecule has 1 aliphatic rings. The number of amides is 1. The highest BCUT2D eigenvalue weighted by atomic mass is 16.6. The van der Waals surface area contributed by atoms with Gasteiger partial charge in [0, 0.05) is 19.6 Å². The minimum atomic E-state index is -0.336. The van der Waals surface area contributed by atoms with Crippen LogP contribution in [-0.4, -0.2) is 42.2 Å². The molecule has 0 aliphatic carbocycles. The molecule has 1 aliphatic heterocycles. The van der Waals surface area contributed by atoms with Gasteiger partial charge in [-0.25, -0.2) is 4.79 Å². The molecule has 6 heteroatoms. The molecule has 0 radical (unpaired) electrons. The van der Waals surface area contributed by atoms with Gasteiger partial charge in [-0.2, -0.15) is 0 Å². The van der Waals surface area contributed by atoms with Gasteiger partial charge in [-0.1, -0.05) is 30.3 Å². The summed E-state index contributed by atoms with van der Waals surface area (Å²) in [5, 5.41) is 4.33. The van der Waals surface area contributed by atoms with Crippen LogP contribution in [0.5, 0.6) is 0 Å². The SMILES string of the molecule is O=NN1CCCN(C(=O)OCc2ccccc2)CC1. The van der Waals surface area contributed by atoms with E-state index in [1.54, 1.807) is 4.90 Å². The van der Waals surface area contributed by atoms with E-state index in [1.807, 2.05) is 30.3 Å². The van der Waals surface area contributed by atoms with Gasteiger partial charge in [0.2, 0.25) is 0 Å². The average molecular weight is 263 g/mol. The van der Waals surface area contributed by atoms with Gasteiger partial charge in [-0.15, -0.1) is 4.91 Å². The Morgan fingerprint density at radius 1 is 1.16 bits per heavy atom. The first-order chi connectivity index (χ1) is 9.29. The van der Waals surface area contributed by atoms with Crippen LogP contribution in [0.15, 0.2) is 35.6 Å². The number of hydrogen-bond donors (Lipinski definition) is 0. The zero-order valence-electron chi connectivity index (χ0n) is 10.7. The standard InChI is InChI=1S/C13H17N3O3/c17-13(19-11-12-5-2-1-3-6-12)15-7-4-8-16(14-18)10-9-15/h1-3,5-6H,4,7-11H2. The fraction of sp³-hybridized carbons (Fsp3) is 0.462. The minimum absolute atomic E-state index is 0.270. The van der Waals surface area contributed by atoms with E-state index in [4.69, 9.17) is 4.74 Å². The summed E-state index contributed by atoms with van der Waals surface area (Å²) >= 11 is 0. The van der Waals surface area contributed by atoms with Gasteiger partial charge >= 0.3 is 6.09 Å². The Morgan fingerprint density at radius 2 is 1.95 bits per heavy atom. The Hall–Kier alpha value is -2.11. The van der Waals surface area contributed by atoms with Crippen LogP contribution >= 0.6 is 0 Å². The van der Waals surface area contributed by atoms with Gasteiger partial charge in [0.1, 0.15) is 6.61 Å². The zero-order valence-corrected chi connectivity index (χ0v) is 10.7. The number of ether oxygens (including phenoxy) is 1. The average Bonchev–Trinajstić information content (AvgIpc) is 2.71. The lowest BCUT2D eigenvalue weighted by molar-refractivity contribution is 0.0973. The summed E-state index contributed by atoms with van der Waals surface area (Å²) in [6, 6.07) is 9.55. The summed E-state index contributed by atoms with van der Waals surface area (Å²) in [6.45, 7) is 2.39. The van der Waals surface area contributed by atoms with E-state index in [9.17, 15) is 9.70 Å². The lowest BCUT2D eigenvalue weighted by Crippen LogP contribution is -2.34. The molecular weight excluding hydrogens is 246 g/mol. The van der Waals surface area contributed by atoms with Crippen molar-refractivity contribution in [2.75, 3.05) is 26.2 Å². The molecule has 0 bridgehead atoms. The highest BCUT2D eigenvalue weighted by molar-refractivity contribution is 5.67. The van der Waals surface area contributed by atoms with Crippen molar-refractivity contribution in [2.45, 2.75) is 13.0 Å². The third kappa shape index (κ3) is 3.94. The van der Waals surface area contributed by atoms with Crippen LogP contribution in [0.3, 0.4) is 0 Å². The van der Waals surface area contributed by atoms with Crippen LogP contribution < -0.4 is 0 Å². The van der Waals surface area contributed by atoms with Crippen LogP contribution in [-0.2, 0) is 11.3 Å². The highest BCUT2D eigenvalue weighted by Crippen LogP contribution is 2.07. The fourth-order valence-corrected chi connectivity index (χ4v) is 1.98. The number of nitrogens with zero attached hydrogens (tertiary/aromatic N) is 3. The third-order valence-electron chi connectivity index (χ3n) is 3.05. The molecule has 0 saturated carbocycles. The Balaban J connectivity index is 1.81. The van der Waals surface area contributed by atoms with Crippen LogP contribution in [0.25, 0.3) is 0 Å². The normalized spacial score (nSPS) is 15.8. The van der Waals surface area contributed by atoms with Crippen LogP contribution in [0.2, 0.25) is 0 Å². The van der Waals surface area contributed by atoms with E-state index in [0.29, 0.717) is 26.2 Å². The monoisotopic (exact) mass is 263 g/mol. The molecule has 0 N–H and O–H groups in total. The zero-order chi connectivity index (χ0) is 13.5. The van der Waals surface area contributed by atoms with Gasteiger partial charge in [0.15, 0.2) is 0 Å². The van der Waals surface area contributed by atoms with Gasteiger partial charge in [0.05, 0.1) is 11.8 Å². The van der Waals surface area contributed by atoms with Crippen molar-refractivity contribution in [1.82, 2.24) is 9.91 Å². The van der Waals surface area contributed by atoms with Crippen molar-refractivity contribution in [3.63, 3.8) is 0 Å². The van der Waals surface area contributed by atoms with E-state index in [-0.39, 0.29) is 12.7 Å². The second-order valence-corrected chi connectivity index (χ2v) is 4.42. The minimum Gasteiger partial charge on any atom is -0.445 e. The molecule has 19 heavy (non-hydrogen) atoms.